The highest BCUT2D eigenvalue weighted by Crippen LogP contribution is 2.37. The van der Waals surface area contributed by atoms with E-state index in [1.165, 1.54) is 4.90 Å². The number of benzene rings is 3. The summed E-state index contributed by atoms with van der Waals surface area (Å²) in [6.07, 6.45) is -0.00550. The molecule has 11 heteroatoms. The van der Waals surface area contributed by atoms with Crippen molar-refractivity contribution in [3.63, 3.8) is 0 Å². The molecule has 4 rings (SSSR count). The molecule has 3 aromatic rings. The summed E-state index contributed by atoms with van der Waals surface area (Å²) in [5.41, 5.74) is -5.63. The van der Waals surface area contributed by atoms with Crippen molar-refractivity contribution in [3.8, 4) is 5.75 Å². The summed E-state index contributed by atoms with van der Waals surface area (Å²) < 4.78 is 70.9. The molecule has 0 saturated heterocycles. The zero-order valence-electron chi connectivity index (χ0n) is 17.0. The van der Waals surface area contributed by atoms with E-state index in [0.29, 0.717) is 5.69 Å². The SMILES string of the molecule is COC(=O)c1cc(OS(=O)(=O)C(F)(F)F)c2c(c1)C(=O)N(c1cccc3ccccc13)CC2. The Morgan fingerprint density at radius 2 is 1.76 bits per heavy atom. The van der Waals surface area contributed by atoms with Crippen LogP contribution in [-0.4, -0.2) is 39.5 Å². The third-order valence-electron chi connectivity index (χ3n) is 5.23. The van der Waals surface area contributed by atoms with Gasteiger partial charge in [-0.3, -0.25) is 4.79 Å². The number of esters is 1. The predicted molar refractivity (Wildman–Crippen MR) is 113 cm³/mol. The van der Waals surface area contributed by atoms with E-state index in [1.54, 1.807) is 18.2 Å². The first kappa shape index (κ1) is 22.6. The first-order valence-corrected chi connectivity index (χ1v) is 11.0. The summed E-state index contributed by atoms with van der Waals surface area (Å²) in [6, 6.07) is 14.7. The molecule has 0 fully saturated rings. The van der Waals surface area contributed by atoms with Gasteiger partial charge in [-0.2, -0.15) is 21.6 Å². The number of hydrogen-bond acceptors (Lipinski definition) is 6. The fourth-order valence-electron chi connectivity index (χ4n) is 3.71. The second-order valence-corrected chi connectivity index (χ2v) is 8.72. The molecule has 0 aliphatic carbocycles. The summed E-state index contributed by atoms with van der Waals surface area (Å²) in [7, 11) is -4.98. The van der Waals surface area contributed by atoms with Gasteiger partial charge in [-0.05, 0) is 30.0 Å². The molecule has 7 nitrogen and oxygen atoms in total. The Kier molecular flexibility index (Phi) is 5.52. The van der Waals surface area contributed by atoms with E-state index in [1.807, 2.05) is 24.3 Å². The van der Waals surface area contributed by atoms with Crippen LogP contribution in [0.3, 0.4) is 0 Å². The number of rotatable bonds is 4. The van der Waals surface area contributed by atoms with Gasteiger partial charge in [-0.25, -0.2) is 4.79 Å². The summed E-state index contributed by atoms with van der Waals surface area (Å²) in [4.78, 5) is 26.9. The minimum atomic E-state index is -6.02. The molecule has 1 heterocycles. The molecule has 0 radical (unpaired) electrons. The summed E-state index contributed by atoms with van der Waals surface area (Å²) >= 11 is 0. The topological polar surface area (TPSA) is 90.0 Å². The molecule has 172 valence electrons. The third kappa shape index (κ3) is 3.99. The lowest BCUT2D eigenvalue weighted by Crippen LogP contribution is -2.38. The molecule has 0 N–H and O–H groups in total. The maximum Gasteiger partial charge on any atom is 0.534 e. The van der Waals surface area contributed by atoms with E-state index in [-0.39, 0.29) is 29.7 Å². The van der Waals surface area contributed by atoms with Crippen molar-refractivity contribution >= 4 is 38.5 Å². The van der Waals surface area contributed by atoms with Crippen LogP contribution >= 0.6 is 0 Å². The number of anilines is 1. The lowest BCUT2D eigenvalue weighted by molar-refractivity contribution is -0.0500. The van der Waals surface area contributed by atoms with Crippen LogP contribution in [0.15, 0.2) is 54.6 Å². The number of methoxy groups -OCH3 is 1. The van der Waals surface area contributed by atoms with Crippen LogP contribution < -0.4 is 9.08 Å². The second-order valence-electron chi connectivity index (χ2n) is 7.18. The van der Waals surface area contributed by atoms with Crippen molar-refractivity contribution in [2.45, 2.75) is 11.9 Å². The largest absolute Gasteiger partial charge is 0.534 e. The normalized spacial score (nSPS) is 14.2. The molecule has 0 atom stereocenters. The van der Waals surface area contributed by atoms with Gasteiger partial charge in [0.15, 0.2) is 0 Å². The van der Waals surface area contributed by atoms with Crippen LogP contribution in [0.5, 0.6) is 5.75 Å². The van der Waals surface area contributed by atoms with Crippen LogP contribution in [0, 0.1) is 0 Å². The van der Waals surface area contributed by atoms with Crippen LogP contribution in [0.1, 0.15) is 26.3 Å². The Hall–Kier alpha value is -3.60. The lowest BCUT2D eigenvalue weighted by atomic mass is 9.94. The zero-order valence-corrected chi connectivity index (χ0v) is 17.9. The molecule has 0 bridgehead atoms. The smallest absolute Gasteiger partial charge is 0.465 e. The number of ether oxygens (including phenoxy) is 1. The van der Waals surface area contributed by atoms with E-state index in [4.69, 9.17) is 0 Å². The maximum atomic E-state index is 13.4. The molecule has 0 unspecified atom stereocenters. The van der Waals surface area contributed by atoms with Gasteiger partial charge < -0.3 is 13.8 Å². The molecular weight excluding hydrogens is 463 g/mol. The van der Waals surface area contributed by atoms with Crippen LogP contribution in [0.4, 0.5) is 18.9 Å². The van der Waals surface area contributed by atoms with Gasteiger partial charge in [-0.15, -0.1) is 0 Å². The van der Waals surface area contributed by atoms with Gasteiger partial charge in [0.1, 0.15) is 5.75 Å². The Bertz CT molecular complexity index is 1380. The fraction of sp³-hybridized carbons (Fsp3) is 0.182. The first-order chi connectivity index (χ1) is 15.5. The lowest BCUT2D eigenvalue weighted by Gasteiger charge is -2.30. The number of nitrogens with zero attached hydrogens (tertiary/aromatic N) is 1. The Morgan fingerprint density at radius 3 is 2.45 bits per heavy atom. The molecule has 0 aromatic heterocycles. The maximum absolute atomic E-state index is 13.4. The van der Waals surface area contributed by atoms with E-state index in [9.17, 15) is 31.2 Å². The molecule has 33 heavy (non-hydrogen) atoms. The standard InChI is InChI=1S/C22H16F3NO6S/c1-31-21(28)14-11-17-16(19(12-14)32-33(29,30)22(23,24)25)9-10-26(20(17)27)18-8-4-6-13-5-2-3-7-15(13)18/h2-8,11-12H,9-10H2,1H3. The minimum absolute atomic E-state index is 0.00550. The number of alkyl halides is 3. The van der Waals surface area contributed by atoms with Crippen LogP contribution in [0.25, 0.3) is 10.8 Å². The van der Waals surface area contributed by atoms with Gasteiger partial charge in [0.05, 0.1) is 18.4 Å². The summed E-state index contributed by atoms with van der Waals surface area (Å²) in [5.74, 6) is -2.33. The molecule has 1 aliphatic heterocycles. The molecular formula is C22H16F3NO6S. The molecule has 0 spiro atoms. The second kappa shape index (κ2) is 8.07. The average Bonchev–Trinajstić information content (AvgIpc) is 2.77. The fourth-order valence-corrected chi connectivity index (χ4v) is 4.19. The molecule has 0 saturated carbocycles. The Balaban J connectivity index is 1.85. The van der Waals surface area contributed by atoms with Crippen molar-refractivity contribution in [2.24, 2.45) is 0 Å². The van der Waals surface area contributed by atoms with Crippen LogP contribution in [0.2, 0.25) is 0 Å². The van der Waals surface area contributed by atoms with E-state index in [2.05, 4.69) is 8.92 Å². The third-order valence-corrected chi connectivity index (χ3v) is 6.20. The van der Waals surface area contributed by atoms with Crippen molar-refractivity contribution in [2.75, 3.05) is 18.6 Å². The average molecular weight is 479 g/mol. The number of carbonyl (C=O) groups is 2. The molecule has 3 aromatic carbocycles. The minimum Gasteiger partial charge on any atom is -0.465 e. The predicted octanol–water partition coefficient (Wildman–Crippen LogP) is 4.06. The monoisotopic (exact) mass is 479 g/mol. The highest BCUT2D eigenvalue weighted by atomic mass is 32.2. The number of fused-ring (bicyclic) bond motifs is 2. The van der Waals surface area contributed by atoms with Crippen molar-refractivity contribution in [3.05, 3.63) is 71.3 Å². The Labute approximate surface area is 186 Å². The van der Waals surface area contributed by atoms with Gasteiger partial charge in [-0.1, -0.05) is 36.4 Å². The van der Waals surface area contributed by atoms with Crippen LogP contribution in [-0.2, 0) is 21.3 Å². The number of amides is 1. The molecule has 1 amide bonds. The van der Waals surface area contributed by atoms with Crippen molar-refractivity contribution < 1.29 is 40.1 Å². The van der Waals surface area contributed by atoms with Gasteiger partial charge in [0.2, 0.25) is 0 Å². The van der Waals surface area contributed by atoms with Gasteiger partial charge in [0.25, 0.3) is 5.91 Å². The van der Waals surface area contributed by atoms with E-state index >= 15 is 0 Å². The zero-order chi connectivity index (χ0) is 24.0. The number of hydrogen-bond donors (Lipinski definition) is 0. The van der Waals surface area contributed by atoms with Crippen molar-refractivity contribution in [1.82, 2.24) is 0 Å². The quantitative estimate of drug-likeness (QED) is 0.319. The summed E-state index contributed by atoms with van der Waals surface area (Å²) in [5, 5.41) is 1.65. The Morgan fingerprint density at radius 1 is 1.06 bits per heavy atom. The van der Waals surface area contributed by atoms with Gasteiger partial charge >= 0.3 is 21.6 Å². The molecule has 1 aliphatic rings. The number of carbonyl (C=O) groups excluding carboxylic acids is 2. The highest BCUT2D eigenvalue weighted by molar-refractivity contribution is 7.88. The van der Waals surface area contributed by atoms with E-state index < -0.39 is 33.3 Å². The highest BCUT2D eigenvalue weighted by Gasteiger charge is 2.49. The first-order valence-electron chi connectivity index (χ1n) is 9.59. The number of halogens is 3. The van der Waals surface area contributed by atoms with Gasteiger partial charge in [0, 0.05) is 23.1 Å². The van der Waals surface area contributed by atoms with E-state index in [0.717, 1.165) is 30.0 Å². The summed E-state index contributed by atoms with van der Waals surface area (Å²) in [6.45, 7) is 0.0554. The van der Waals surface area contributed by atoms with Crippen molar-refractivity contribution in [1.29, 1.82) is 0 Å².